The van der Waals surface area contributed by atoms with Crippen LogP contribution < -0.4 is 15.8 Å². The van der Waals surface area contributed by atoms with Gasteiger partial charge in [-0.1, -0.05) is 32.9 Å². The minimum atomic E-state index is -0.167. The zero-order valence-electron chi connectivity index (χ0n) is 12.1. The molecule has 0 fully saturated rings. The molecular formula is C15H24N2O2. The van der Waals surface area contributed by atoms with Gasteiger partial charge in [0, 0.05) is 12.5 Å². The van der Waals surface area contributed by atoms with Crippen molar-refractivity contribution < 1.29 is 9.53 Å². The van der Waals surface area contributed by atoms with Crippen LogP contribution in [0.2, 0.25) is 0 Å². The summed E-state index contributed by atoms with van der Waals surface area (Å²) in [6, 6.07) is 7.77. The van der Waals surface area contributed by atoms with Gasteiger partial charge < -0.3 is 15.8 Å². The zero-order chi connectivity index (χ0) is 14.4. The van der Waals surface area contributed by atoms with Gasteiger partial charge >= 0.3 is 0 Å². The van der Waals surface area contributed by atoms with Crippen LogP contribution in [0.15, 0.2) is 24.3 Å². The number of carbonyl (C=O) groups excluding carboxylic acids is 1. The van der Waals surface area contributed by atoms with Gasteiger partial charge in [-0.25, -0.2) is 0 Å². The van der Waals surface area contributed by atoms with Crippen LogP contribution >= 0.6 is 0 Å². The van der Waals surface area contributed by atoms with Gasteiger partial charge in [-0.2, -0.15) is 0 Å². The first-order chi connectivity index (χ1) is 8.99. The van der Waals surface area contributed by atoms with Gasteiger partial charge in [0.1, 0.15) is 5.75 Å². The van der Waals surface area contributed by atoms with E-state index in [4.69, 9.17) is 10.5 Å². The van der Waals surface area contributed by atoms with E-state index in [0.717, 1.165) is 11.3 Å². The molecule has 0 radical (unpaired) electrons. The molecule has 0 aliphatic carbocycles. The topological polar surface area (TPSA) is 64.3 Å². The molecule has 2 unspecified atom stereocenters. The van der Waals surface area contributed by atoms with Crippen LogP contribution in [-0.4, -0.2) is 19.6 Å². The second kappa shape index (κ2) is 7.14. The minimum absolute atomic E-state index is 0.00276. The SMILES string of the molecule is COc1ccc(C(NC(=O)C(C)CN)C(C)C)cc1. The second-order valence-corrected chi connectivity index (χ2v) is 5.14. The number of carbonyl (C=O) groups is 1. The van der Waals surface area contributed by atoms with Gasteiger partial charge in [0.05, 0.1) is 13.2 Å². The Kier molecular flexibility index (Phi) is 5.83. The highest BCUT2D eigenvalue weighted by molar-refractivity contribution is 5.79. The van der Waals surface area contributed by atoms with Crippen molar-refractivity contribution in [2.75, 3.05) is 13.7 Å². The largest absolute Gasteiger partial charge is 0.497 e. The summed E-state index contributed by atoms with van der Waals surface area (Å²) < 4.78 is 5.14. The van der Waals surface area contributed by atoms with Crippen LogP contribution in [-0.2, 0) is 4.79 Å². The molecule has 3 N–H and O–H groups in total. The molecule has 0 spiro atoms. The Labute approximate surface area is 115 Å². The number of rotatable bonds is 6. The molecule has 0 aromatic heterocycles. The first-order valence-corrected chi connectivity index (χ1v) is 6.64. The Morgan fingerprint density at radius 3 is 2.26 bits per heavy atom. The maximum Gasteiger partial charge on any atom is 0.224 e. The monoisotopic (exact) mass is 264 g/mol. The van der Waals surface area contributed by atoms with Gasteiger partial charge in [-0.15, -0.1) is 0 Å². The highest BCUT2D eigenvalue weighted by Gasteiger charge is 2.20. The molecule has 0 aliphatic heterocycles. The molecule has 0 aliphatic rings. The van der Waals surface area contributed by atoms with E-state index in [1.165, 1.54) is 0 Å². The fourth-order valence-electron chi connectivity index (χ4n) is 1.85. The molecule has 0 bridgehead atoms. The normalized spacial score (nSPS) is 14.0. The van der Waals surface area contributed by atoms with Crippen molar-refractivity contribution in [1.29, 1.82) is 0 Å². The first-order valence-electron chi connectivity index (χ1n) is 6.64. The number of ether oxygens (including phenoxy) is 1. The maximum absolute atomic E-state index is 12.0. The average Bonchev–Trinajstić information content (AvgIpc) is 2.43. The molecule has 1 amide bonds. The molecule has 106 valence electrons. The van der Waals surface area contributed by atoms with Crippen molar-refractivity contribution in [3.8, 4) is 5.75 Å². The highest BCUT2D eigenvalue weighted by atomic mass is 16.5. The fraction of sp³-hybridized carbons (Fsp3) is 0.533. The molecular weight excluding hydrogens is 240 g/mol. The van der Waals surface area contributed by atoms with Crippen LogP contribution in [0.4, 0.5) is 0 Å². The van der Waals surface area contributed by atoms with E-state index < -0.39 is 0 Å². The molecule has 1 aromatic carbocycles. The predicted molar refractivity (Wildman–Crippen MR) is 76.9 cm³/mol. The fourth-order valence-corrected chi connectivity index (χ4v) is 1.85. The third-order valence-corrected chi connectivity index (χ3v) is 3.24. The van der Waals surface area contributed by atoms with Gasteiger partial charge in [0.25, 0.3) is 0 Å². The third kappa shape index (κ3) is 4.24. The van der Waals surface area contributed by atoms with Gasteiger partial charge in [0.15, 0.2) is 0 Å². The summed E-state index contributed by atoms with van der Waals surface area (Å²) in [5.74, 6) is 0.951. The third-order valence-electron chi connectivity index (χ3n) is 3.24. The summed E-state index contributed by atoms with van der Waals surface area (Å²) in [5, 5.41) is 3.06. The summed E-state index contributed by atoms with van der Waals surface area (Å²) in [4.78, 5) is 12.0. The standard InChI is InChI=1S/C15H24N2O2/c1-10(2)14(17-15(18)11(3)9-16)12-5-7-13(19-4)8-6-12/h5-8,10-11,14H,9,16H2,1-4H3,(H,17,18). The molecule has 1 rings (SSSR count). The highest BCUT2D eigenvalue weighted by Crippen LogP contribution is 2.24. The van der Waals surface area contributed by atoms with Crippen LogP contribution in [0.25, 0.3) is 0 Å². The second-order valence-electron chi connectivity index (χ2n) is 5.14. The van der Waals surface area contributed by atoms with Crippen molar-refractivity contribution in [2.24, 2.45) is 17.6 Å². The molecule has 4 nitrogen and oxygen atoms in total. The summed E-state index contributed by atoms with van der Waals surface area (Å²) in [7, 11) is 1.64. The number of nitrogens with one attached hydrogen (secondary N) is 1. The van der Waals surface area contributed by atoms with E-state index in [-0.39, 0.29) is 17.9 Å². The molecule has 19 heavy (non-hydrogen) atoms. The summed E-state index contributed by atoms with van der Waals surface area (Å²) in [5.41, 5.74) is 6.60. The number of amides is 1. The van der Waals surface area contributed by atoms with Crippen molar-refractivity contribution >= 4 is 5.91 Å². The Morgan fingerprint density at radius 2 is 1.84 bits per heavy atom. The lowest BCUT2D eigenvalue weighted by Crippen LogP contribution is -2.37. The van der Waals surface area contributed by atoms with E-state index in [9.17, 15) is 4.79 Å². The maximum atomic E-state index is 12.0. The van der Waals surface area contributed by atoms with Gasteiger partial charge in [-0.3, -0.25) is 4.79 Å². The number of hydrogen-bond acceptors (Lipinski definition) is 3. The van der Waals surface area contributed by atoms with Crippen LogP contribution in [0.3, 0.4) is 0 Å². The smallest absolute Gasteiger partial charge is 0.224 e. The average molecular weight is 264 g/mol. The zero-order valence-corrected chi connectivity index (χ0v) is 12.1. The van der Waals surface area contributed by atoms with E-state index >= 15 is 0 Å². The van der Waals surface area contributed by atoms with Crippen molar-refractivity contribution in [3.63, 3.8) is 0 Å². The number of nitrogens with two attached hydrogens (primary N) is 1. The number of methoxy groups -OCH3 is 1. The number of hydrogen-bond donors (Lipinski definition) is 2. The van der Waals surface area contributed by atoms with E-state index in [0.29, 0.717) is 12.5 Å². The van der Waals surface area contributed by atoms with E-state index in [2.05, 4.69) is 19.2 Å². The number of benzene rings is 1. The Hall–Kier alpha value is -1.55. The first kappa shape index (κ1) is 15.5. The summed E-state index contributed by atoms with van der Waals surface area (Å²) >= 11 is 0. The lowest BCUT2D eigenvalue weighted by atomic mass is 9.95. The van der Waals surface area contributed by atoms with Gasteiger partial charge in [-0.05, 0) is 23.6 Å². The summed E-state index contributed by atoms with van der Waals surface area (Å²) in [6.45, 7) is 6.37. The van der Waals surface area contributed by atoms with Crippen LogP contribution in [0.5, 0.6) is 5.75 Å². The molecule has 0 heterocycles. The Morgan fingerprint density at radius 1 is 1.26 bits per heavy atom. The lowest BCUT2D eigenvalue weighted by molar-refractivity contribution is -0.125. The van der Waals surface area contributed by atoms with Crippen molar-refractivity contribution in [2.45, 2.75) is 26.8 Å². The van der Waals surface area contributed by atoms with Crippen LogP contribution in [0.1, 0.15) is 32.4 Å². The molecule has 4 heteroatoms. The minimum Gasteiger partial charge on any atom is -0.497 e. The van der Waals surface area contributed by atoms with E-state index in [1.54, 1.807) is 7.11 Å². The molecule has 2 atom stereocenters. The van der Waals surface area contributed by atoms with Gasteiger partial charge in [0.2, 0.25) is 5.91 Å². The van der Waals surface area contributed by atoms with Crippen molar-refractivity contribution in [1.82, 2.24) is 5.32 Å². The predicted octanol–water partition coefficient (Wildman–Crippen LogP) is 2.10. The summed E-state index contributed by atoms with van der Waals surface area (Å²) in [6.07, 6.45) is 0. The Balaban J connectivity index is 2.84. The molecule has 0 saturated heterocycles. The van der Waals surface area contributed by atoms with E-state index in [1.807, 2.05) is 31.2 Å². The van der Waals surface area contributed by atoms with Crippen LogP contribution in [0, 0.1) is 11.8 Å². The van der Waals surface area contributed by atoms with Crippen molar-refractivity contribution in [3.05, 3.63) is 29.8 Å². The lowest BCUT2D eigenvalue weighted by Gasteiger charge is -2.24. The molecule has 0 saturated carbocycles. The molecule has 1 aromatic rings. The Bertz CT molecular complexity index is 401. The quantitative estimate of drug-likeness (QED) is 0.827.